The fourth-order valence-electron chi connectivity index (χ4n) is 3.37. The van der Waals surface area contributed by atoms with E-state index in [2.05, 4.69) is 0 Å². The monoisotopic (exact) mass is 383 g/mol. The minimum absolute atomic E-state index is 0.0213. The number of carboxylic acid groups (broad SMARTS) is 1. The highest BCUT2D eigenvalue weighted by Gasteiger charge is 2.31. The first-order chi connectivity index (χ1) is 12.3. The Morgan fingerprint density at radius 2 is 1.92 bits per heavy atom. The molecule has 0 aromatic heterocycles. The first-order valence-electron chi connectivity index (χ1n) is 9.05. The van der Waals surface area contributed by atoms with Crippen LogP contribution in [0.4, 0.5) is 0 Å². The molecule has 0 spiro atoms. The molecule has 1 unspecified atom stereocenters. The molecule has 0 radical (unpaired) electrons. The highest BCUT2D eigenvalue weighted by atomic mass is 32.2. The average molecular weight is 384 g/mol. The first kappa shape index (κ1) is 20.8. The van der Waals surface area contributed by atoms with E-state index in [1.807, 2.05) is 37.3 Å². The van der Waals surface area contributed by atoms with Crippen LogP contribution in [-0.4, -0.2) is 72.3 Å². The maximum Gasteiger partial charge on any atom is 0.317 e. The maximum atomic E-state index is 13.1. The second-order valence-electron chi connectivity index (χ2n) is 6.71. The van der Waals surface area contributed by atoms with Crippen molar-refractivity contribution in [2.24, 2.45) is 0 Å². The number of nitrogens with zero attached hydrogens (tertiary/aromatic N) is 3. The van der Waals surface area contributed by atoms with E-state index in [4.69, 9.17) is 5.11 Å². The van der Waals surface area contributed by atoms with E-state index in [-0.39, 0.29) is 12.6 Å². The molecule has 26 heavy (non-hydrogen) atoms. The molecule has 0 aliphatic carbocycles. The highest BCUT2D eigenvalue weighted by Crippen LogP contribution is 2.21. The summed E-state index contributed by atoms with van der Waals surface area (Å²) >= 11 is 0. The van der Waals surface area contributed by atoms with Crippen molar-refractivity contribution in [3.63, 3.8) is 0 Å². The van der Waals surface area contributed by atoms with Crippen LogP contribution in [0.3, 0.4) is 0 Å². The van der Waals surface area contributed by atoms with E-state index >= 15 is 0 Å². The zero-order valence-corrected chi connectivity index (χ0v) is 16.4. The van der Waals surface area contributed by atoms with Gasteiger partial charge in [-0.15, -0.1) is 0 Å². The van der Waals surface area contributed by atoms with Crippen molar-refractivity contribution in [3.8, 4) is 0 Å². The number of benzene rings is 1. The zero-order chi connectivity index (χ0) is 19.2. The number of aliphatic carboxylic acids is 1. The second kappa shape index (κ2) is 9.45. The summed E-state index contributed by atoms with van der Waals surface area (Å²) < 4.78 is 29.2. The van der Waals surface area contributed by atoms with Crippen molar-refractivity contribution >= 4 is 16.2 Å². The zero-order valence-electron chi connectivity index (χ0n) is 15.5. The molecule has 0 amide bonds. The molecule has 0 bridgehead atoms. The van der Waals surface area contributed by atoms with Gasteiger partial charge in [-0.05, 0) is 31.9 Å². The Morgan fingerprint density at radius 3 is 2.54 bits per heavy atom. The van der Waals surface area contributed by atoms with Crippen LogP contribution in [0.25, 0.3) is 0 Å². The van der Waals surface area contributed by atoms with Gasteiger partial charge in [0.05, 0.1) is 6.54 Å². The normalized spacial score (nSPS) is 19.6. The summed E-state index contributed by atoms with van der Waals surface area (Å²) in [6, 6.07) is 9.68. The van der Waals surface area contributed by atoms with Crippen LogP contribution in [-0.2, 0) is 21.5 Å². The summed E-state index contributed by atoms with van der Waals surface area (Å²) in [6.45, 7) is 3.50. The largest absolute Gasteiger partial charge is 0.480 e. The van der Waals surface area contributed by atoms with Crippen molar-refractivity contribution in [1.82, 2.24) is 13.5 Å². The standard InChI is InChI=1S/C18H29N3O4S/c1-3-20(14-16-8-5-4-6-9-16)26(24,25)21-12-7-10-17(11-13-21)19(2)15-18(22)23/h4-6,8-9,17H,3,7,10-15H2,1-2H3,(H,22,23). The fourth-order valence-corrected chi connectivity index (χ4v) is 5.03. The van der Waals surface area contributed by atoms with Gasteiger partial charge < -0.3 is 5.11 Å². The number of hydrogen-bond donors (Lipinski definition) is 1. The number of rotatable bonds is 8. The molecular formula is C18H29N3O4S. The third-order valence-corrected chi connectivity index (χ3v) is 6.93. The smallest absolute Gasteiger partial charge is 0.317 e. The van der Waals surface area contributed by atoms with Crippen LogP contribution in [0.5, 0.6) is 0 Å². The molecule has 1 aromatic rings. The molecular weight excluding hydrogens is 354 g/mol. The van der Waals surface area contributed by atoms with Gasteiger partial charge in [-0.3, -0.25) is 9.69 Å². The fraction of sp³-hybridized carbons (Fsp3) is 0.611. The summed E-state index contributed by atoms with van der Waals surface area (Å²) in [5, 5.41) is 8.96. The van der Waals surface area contributed by atoms with Gasteiger partial charge >= 0.3 is 5.97 Å². The van der Waals surface area contributed by atoms with E-state index in [9.17, 15) is 13.2 Å². The summed E-state index contributed by atoms with van der Waals surface area (Å²) in [6.07, 6.45) is 2.18. The van der Waals surface area contributed by atoms with Crippen LogP contribution < -0.4 is 0 Å². The van der Waals surface area contributed by atoms with Crippen LogP contribution >= 0.6 is 0 Å². The lowest BCUT2D eigenvalue weighted by atomic mass is 10.1. The van der Waals surface area contributed by atoms with Gasteiger partial charge in [0.1, 0.15) is 0 Å². The quantitative estimate of drug-likeness (QED) is 0.738. The minimum atomic E-state index is -3.54. The van der Waals surface area contributed by atoms with Gasteiger partial charge in [0.25, 0.3) is 10.2 Å². The molecule has 1 aliphatic rings. The molecule has 146 valence electrons. The van der Waals surface area contributed by atoms with Gasteiger partial charge in [0.15, 0.2) is 0 Å². The van der Waals surface area contributed by atoms with Crippen LogP contribution in [0, 0.1) is 0 Å². The predicted octanol–water partition coefficient (Wildman–Crippen LogP) is 1.62. The maximum absolute atomic E-state index is 13.1. The van der Waals surface area contributed by atoms with Crippen LogP contribution in [0.2, 0.25) is 0 Å². The minimum Gasteiger partial charge on any atom is -0.480 e. The molecule has 7 nitrogen and oxygen atoms in total. The Balaban J connectivity index is 2.04. The number of carboxylic acids is 1. The molecule has 1 N–H and O–H groups in total. The van der Waals surface area contributed by atoms with E-state index < -0.39 is 16.2 Å². The Labute approximate surface area is 156 Å². The second-order valence-corrected chi connectivity index (χ2v) is 8.64. The summed E-state index contributed by atoms with van der Waals surface area (Å²) in [7, 11) is -1.75. The molecule has 1 fully saturated rings. The van der Waals surface area contributed by atoms with E-state index in [0.29, 0.717) is 32.6 Å². The number of hydrogen-bond acceptors (Lipinski definition) is 4. The van der Waals surface area contributed by atoms with Gasteiger partial charge in [-0.2, -0.15) is 17.0 Å². The van der Waals surface area contributed by atoms with Gasteiger partial charge in [-0.1, -0.05) is 37.3 Å². The highest BCUT2D eigenvalue weighted by molar-refractivity contribution is 7.86. The summed E-state index contributed by atoms with van der Waals surface area (Å²) in [5.41, 5.74) is 0.965. The van der Waals surface area contributed by atoms with E-state index in [1.54, 1.807) is 16.3 Å². The molecule has 1 aliphatic heterocycles. The lowest BCUT2D eigenvalue weighted by Crippen LogP contribution is -2.44. The van der Waals surface area contributed by atoms with Crippen molar-refractivity contribution in [1.29, 1.82) is 0 Å². The third kappa shape index (κ3) is 5.51. The lowest BCUT2D eigenvalue weighted by Gasteiger charge is -2.29. The Kier molecular flexibility index (Phi) is 7.57. The molecule has 1 saturated heterocycles. The molecule has 2 rings (SSSR count). The summed E-state index contributed by atoms with van der Waals surface area (Å²) in [4.78, 5) is 12.7. The molecule has 1 heterocycles. The molecule has 8 heteroatoms. The van der Waals surface area contributed by atoms with E-state index in [0.717, 1.165) is 18.4 Å². The van der Waals surface area contributed by atoms with Gasteiger partial charge in [0, 0.05) is 32.2 Å². The summed E-state index contributed by atoms with van der Waals surface area (Å²) in [5.74, 6) is -0.860. The number of likely N-dealkylation sites (N-methyl/N-ethyl adjacent to an activating group) is 1. The lowest BCUT2D eigenvalue weighted by molar-refractivity contribution is -0.138. The van der Waals surface area contributed by atoms with Crippen LogP contribution in [0.15, 0.2) is 30.3 Å². The SMILES string of the molecule is CCN(Cc1ccccc1)S(=O)(=O)N1CCCC(N(C)CC(=O)O)CC1. The van der Waals surface area contributed by atoms with Crippen molar-refractivity contribution in [2.45, 2.75) is 38.8 Å². The predicted molar refractivity (Wildman–Crippen MR) is 101 cm³/mol. The molecule has 0 saturated carbocycles. The average Bonchev–Trinajstić information content (AvgIpc) is 2.86. The van der Waals surface area contributed by atoms with Crippen molar-refractivity contribution < 1.29 is 18.3 Å². The van der Waals surface area contributed by atoms with Crippen molar-refractivity contribution in [3.05, 3.63) is 35.9 Å². The Hall–Kier alpha value is -1.48. The van der Waals surface area contributed by atoms with Crippen molar-refractivity contribution in [2.75, 3.05) is 33.2 Å². The van der Waals surface area contributed by atoms with Gasteiger partial charge in [-0.25, -0.2) is 0 Å². The van der Waals surface area contributed by atoms with Gasteiger partial charge in [0.2, 0.25) is 0 Å². The first-order valence-corrected chi connectivity index (χ1v) is 10.5. The topological polar surface area (TPSA) is 81.2 Å². The number of carbonyl (C=O) groups is 1. The van der Waals surface area contributed by atoms with E-state index in [1.165, 1.54) is 4.31 Å². The third-order valence-electron chi connectivity index (χ3n) is 4.87. The molecule has 1 atom stereocenters. The molecule has 1 aromatic carbocycles. The Morgan fingerprint density at radius 1 is 1.23 bits per heavy atom. The van der Waals surface area contributed by atoms with Crippen LogP contribution in [0.1, 0.15) is 31.7 Å². The Bertz CT molecular complexity index is 681.